The highest BCUT2D eigenvalue weighted by Gasteiger charge is 2.15. The van der Waals surface area contributed by atoms with Gasteiger partial charge in [0.15, 0.2) is 5.11 Å². The van der Waals surface area contributed by atoms with Crippen LogP contribution in [0.5, 0.6) is 0 Å². The van der Waals surface area contributed by atoms with Gasteiger partial charge in [-0.05, 0) is 37.2 Å². The molecule has 0 bridgehead atoms. The van der Waals surface area contributed by atoms with E-state index in [9.17, 15) is 8.78 Å². The molecule has 1 saturated carbocycles. The molecule has 104 valence electrons. The minimum absolute atomic E-state index is 0.186. The number of rotatable bonds is 2. The van der Waals surface area contributed by atoms with Crippen LogP contribution in [0.3, 0.4) is 0 Å². The molecule has 1 aromatic carbocycles. The van der Waals surface area contributed by atoms with Gasteiger partial charge in [0.1, 0.15) is 17.3 Å². The number of para-hydroxylation sites is 1. The molecule has 0 spiro atoms. The van der Waals surface area contributed by atoms with Crippen LogP contribution in [-0.2, 0) is 0 Å². The normalized spacial score (nSPS) is 16.7. The topological polar surface area (TPSA) is 24.1 Å². The molecule has 0 amide bonds. The van der Waals surface area contributed by atoms with Crippen LogP contribution in [0, 0.1) is 11.6 Å². The zero-order valence-corrected chi connectivity index (χ0v) is 11.5. The van der Waals surface area contributed by atoms with Crippen molar-refractivity contribution in [1.82, 2.24) is 5.32 Å². The number of halogens is 2. The minimum Gasteiger partial charge on any atom is -0.360 e. The van der Waals surface area contributed by atoms with Gasteiger partial charge in [-0.3, -0.25) is 0 Å². The first-order valence-electron chi connectivity index (χ1n) is 6.68. The number of benzene rings is 1. The van der Waals surface area contributed by atoms with E-state index in [4.69, 9.17) is 12.2 Å². The van der Waals surface area contributed by atoms with Gasteiger partial charge in [0.25, 0.3) is 0 Å². The summed E-state index contributed by atoms with van der Waals surface area (Å²) in [6.07, 6.45) is 6.96. The summed E-state index contributed by atoms with van der Waals surface area (Å²) in [6, 6.07) is 4.05. The third-order valence-electron chi connectivity index (χ3n) is 3.39. The van der Waals surface area contributed by atoms with Crippen molar-refractivity contribution in [2.24, 2.45) is 0 Å². The second-order valence-electron chi connectivity index (χ2n) is 4.88. The number of thiocarbonyl (C=S) groups is 1. The van der Waals surface area contributed by atoms with E-state index >= 15 is 0 Å². The van der Waals surface area contributed by atoms with Crippen LogP contribution in [0.4, 0.5) is 14.5 Å². The van der Waals surface area contributed by atoms with Crippen LogP contribution in [0.2, 0.25) is 0 Å². The number of hydrogen-bond acceptors (Lipinski definition) is 1. The van der Waals surface area contributed by atoms with Crippen LogP contribution in [-0.4, -0.2) is 11.2 Å². The Kier molecular flexibility index (Phi) is 5.07. The van der Waals surface area contributed by atoms with Crippen LogP contribution < -0.4 is 10.6 Å². The molecule has 0 aromatic heterocycles. The Labute approximate surface area is 117 Å². The lowest BCUT2D eigenvalue weighted by Gasteiger charge is -2.19. The number of hydrogen-bond donors (Lipinski definition) is 2. The van der Waals surface area contributed by atoms with E-state index in [-0.39, 0.29) is 10.8 Å². The summed E-state index contributed by atoms with van der Waals surface area (Å²) in [7, 11) is 0. The zero-order chi connectivity index (χ0) is 13.7. The summed E-state index contributed by atoms with van der Waals surface area (Å²) in [6.45, 7) is 0. The van der Waals surface area contributed by atoms with Crippen molar-refractivity contribution in [1.29, 1.82) is 0 Å². The average molecular weight is 284 g/mol. The van der Waals surface area contributed by atoms with Crippen molar-refractivity contribution < 1.29 is 8.78 Å². The molecule has 1 fully saturated rings. The molecule has 0 unspecified atom stereocenters. The van der Waals surface area contributed by atoms with Crippen LogP contribution in [0.15, 0.2) is 18.2 Å². The largest absolute Gasteiger partial charge is 0.360 e. The first kappa shape index (κ1) is 14.2. The summed E-state index contributed by atoms with van der Waals surface area (Å²) in [5.74, 6) is -1.27. The molecule has 2 nitrogen and oxygen atoms in total. The summed E-state index contributed by atoms with van der Waals surface area (Å²) in [5, 5.41) is 6.05. The molecule has 0 radical (unpaired) electrons. The average Bonchev–Trinajstić information content (AvgIpc) is 2.63. The summed E-state index contributed by atoms with van der Waals surface area (Å²) in [5.41, 5.74) is -0.186. The van der Waals surface area contributed by atoms with Crippen molar-refractivity contribution in [3.63, 3.8) is 0 Å². The van der Waals surface area contributed by atoms with Crippen molar-refractivity contribution >= 4 is 23.0 Å². The first-order valence-corrected chi connectivity index (χ1v) is 7.09. The maximum atomic E-state index is 13.5. The highest BCUT2D eigenvalue weighted by atomic mass is 32.1. The molecule has 2 rings (SSSR count). The predicted molar refractivity (Wildman–Crippen MR) is 77.2 cm³/mol. The third-order valence-corrected chi connectivity index (χ3v) is 3.61. The Morgan fingerprint density at radius 3 is 2.21 bits per heavy atom. The Bertz CT molecular complexity index is 423. The zero-order valence-electron chi connectivity index (χ0n) is 10.7. The van der Waals surface area contributed by atoms with E-state index in [2.05, 4.69) is 10.6 Å². The molecule has 0 heterocycles. The highest BCUT2D eigenvalue weighted by Crippen LogP contribution is 2.19. The van der Waals surface area contributed by atoms with E-state index in [1.165, 1.54) is 43.9 Å². The van der Waals surface area contributed by atoms with Crippen molar-refractivity contribution in [2.45, 2.75) is 44.6 Å². The van der Waals surface area contributed by atoms with E-state index in [0.717, 1.165) is 12.8 Å². The molecular weight excluding hydrogens is 266 g/mol. The Morgan fingerprint density at radius 1 is 1.05 bits per heavy atom. The fourth-order valence-corrected chi connectivity index (χ4v) is 2.64. The Morgan fingerprint density at radius 2 is 1.63 bits per heavy atom. The molecule has 0 saturated heterocycles. The number of nitrogens with one attached hydrogen (secondary N) is 2. The second-order valence-corrected chi connectivity index (χ2v) is 5.29. The standard InChI is InChI=1S/C14H18F2N2S/c15-11-8-5-9-12(16)13(11)18-14(19)17-10-6-3-1-2-4-7-10/h5,8-10H,1-4,6-7H2,(H2,17,18,19). The van der Waals surface area contributed by atoms with Gasteiger partial charge in [-0.25, -0.2) is 8.78 Å². The predicted octanol–water partition coefficient (Wildman–Crippen LogP) is 3.97. The lowest BCUT2D eigenvalue weighted by Crippen LogP contribution is -2.37. The Balaban J connectivity index is 1.93. The van der Waals surface area contributed by atoms with Crippen molar-refractivity contribution in [3.8, 4) is 0 Å². The smallest absolute Gasteiger partial charge is 0.171 e. The van der Waals surface area contributed by atoms with E-state index in [1.54, 1.807) is 0 Å². The number of anilines is 1. The quantitative estimate of drug-likeness (QED) is 0.634. The maximum absolute atomic E-state index is 13.5. The molecular formula is C14H18F2N2S. The van der Waals surface area contributed by atoms with Crippen LogP contribution in [0.25, 0.3) is 0 Å². The van der Waals surface area contributed by atoms with Gasteiger partial charge in [0.2, 0.25) is 0 Å². The maximum Gasteiger partial charge on any atom is 0.171 e. The lowest BCUT2D eigenvalue weighted by molar-refractivity contribution is 0.534. The fraction of sp³-hybridized carbons (Fsp3) is 0.500. The van der Waals surface area contributed by atoms with Gasteiger partial charge in [-0.15, -0.1) is 0 Å². The van der Waals surface area contributed by atoms with Gasteiger partial charge < -0.3 is 10.6 Å². The summed E-state index contributed by atoms with van der Waals surface area (Å²) in [4.78, 5) is 0. The molecule has 1 aliphatic carbocycles. The van der Waals surface area contributed by atoms with E-state index in [1.807, 2.05) is 0 Å². The minimum atomic E-state index is -0.634. The molecule has 0 atom stereocenters. The van der Waals surface area contributed by atoms with E-state index < -0.39 is 11.6 Å². The van der Waals surface area contributed by atoms with E-state index in [0.29, 0.717) is 6.04 Å². The first-order chi connectivity index (χ1) is 9.16. The van der Waals surface area contributed by atoms with Gasteiger partial charge in [-0.1, -0.05) is 31.7 Å². The second kappa shape index (κ2) is 6.80. The molecule has 0 aliphatic heterocycles. The van der Waals surface area contributed by atoms with Crippen molar-refractivity contribution in [3.05, 3.63) is 29.8 Å². The monoisotopic (exact) mass is 284 g/mol. The Hall–Kier alpha value is -1.23. The van der Waals surface area contributed by atoms with Crippen LogP contribution >= 0.6 is 12.2 Å². The van der Waals surface area contributed by atoms with Gasteiger partial charge in [-0.2, -0.15) is 0 Å². The summed E-state index contributed by atoms with van der Waals surface area (Å²) < 4.78 is 26.9. The molecule has 2 N–H and O–H groups in total. The molecule has 1 aromatic rings. The third kappa shape index (κ3) is 4.13. The lowest BCUT2D eigenvalue weighted by atomic mass is 10.1. The molecule has 5 heteroatoms. The molecule has 1 aliphatic rings. The van der Waals surface area contributed by atoms with Gasteiger partial charge in [0, 0.05) is 6.04 Å². The van der Waals surface area contributed by atoms with Crippen LogP contribution in [0.1, 0.15) is 38.5 Å². The van der Waals surface area contributed by atoms with Gasteiger partial charge >= 0.3 is 0 Å². The van der Waals surface area contributed by atoms with Gasteiger partial charge in [0.05, 0.1) is 0 Å². The highest BCUT2D eigenvalue weighted by molar-refractivity contribution is 7.80. The summed E-state index contributed by atoms with van der Waals surface area (Å²) >= 11 is 5.12. The fourth-order valence-electron chi connectivity index (χ4n) is 2.38. The SMILES string of the molecule is Fc1cccc(F)c1NC(=S)NC1CCCCCC1. The van der Waals surface area contributed by atoms with Crippen molar-refractivity contribution in [2.75, 3.05) is 5.32 Å². The molecule has 19 heavy (non-hydrogen) atoms.